The van der Waals surface area contributed by atoms with Crippen LogP contribution in [0.15, 0.2) is 23.5 Å². The topological polar surface area (TPSA) is 130 Å². The Morgan fingerprint density at radius 3 is 2.62 bits per heavy atom. The van der Waals surface area contributed by atoms with Gasteiger partial charge in [-0.25, -0.2) is 0 Å². The second kappa shape index (κ2) is 6.69. The number of hydrogen-bond donors (Lipinski definition) is 4. The van der Waals surface area contributed by atoms with Crippen LogP contribution in [0.1, 0.15) is 28.9 Å². The zero-order chi connectivity index (χ0) is 15.2. The molecule has 21 heavy (non-hydrogen) atoms. The van der Waals surface area contributed by atoms with Gasteiger partial charge in [0.2, 0.25) is 5.91 Å². The van der Waals surface area contributed by atoms with Crippen molar-refractivity contribution in [1.29, 1.82) is 0 Å². The van der Waals surface area contributed by atoms with E-state index in [1.165, 1.54) is 18.3 Å². The van der Waals surface area contributed by atoms with Crippen LogP contribution in [0.2, 0.25) is 0 Å². The van der Waals surface area contributed by atoms with E-state index in [-0.39, 0.29) is 29.3 Å². The van der Waals surface area contributed by atoms with Crippen molar-refractivity contribution in [3.63, 3.8) is 0 Å². The minimum atomic E-state index is -0.346. The number of amidine groups is 1. The first-order valence-electron chi connectivity index (χ1n) is 6.61. The molecule has 8 nitrogen and oxygen atoms in total. The number of carbonyl (C=O) groups excluding carboxylic acids is 2. The highest BCUT2D eigenvalue weighted by atomic mass is 16.4. The molecule has 1 fully saturated rings. The van der Waals surface area contributed by atoms with Gasteiger partial charge in [-0.05, 0) is 25.0 Å². The maximum atomic E-state index is 11.8. The lowest BCUT2D eigenvalue weighted by molar-refractivity contribution is -0.122. The summed E-state index contributed by atoms with van der Waals surface area (Å²) >= 11 is 0. The predicted molar refractivity (Wildman–Crippen MR) is 74.8 cm³/mol. The van der Waals surface area contributed by atoms with Gasteiger partial charge in [0.15, 0.2) is 5.84 Å². The summed E-state index contributed by atoms with van der Waals surface area (Å²) in [5, 5.41) is 16.8. The van der Waals surface area contributed by atoms with E-state index < -0.39 is 0 Å². The second-order valence-electron chi connectivity index (χ2n) is 4.74. The molecule has 0 atom stereocenters. The highest BCUT2D eigenvalue weighted by Crippen LogP contribution is 2.28. The van der Waals surface area contributed by atoms with Crippen LogP contribution < -0.4 is 16.4 Å². The van der Waals surface area contributed by atoms with E-state index in [4.69, 9.17) is 10.9 Å². The number of oxime groups is 1. The van der Waals surface area contributed by atoms with Crippen LogP contribution in [0.3, 0.4) is 0 Å². The molecule has 0 bridgehead atoms. The fourth-order valence-corrected chi connectivity index (χ4v) is 1.68. The van der Waals surface area contributed by atoms with E-state index in [1.54, 1.807) is 0 Å². The SMILES string of the molecule is N/C(=N/O)c1ccc(C(=O)NCCNC(=O)C2CC2)nc1. The van der Waals surface area contributed by atoms with Crippen molar-refractivity contribution < 1.29 is 14.8 Å². The van der Waals surface area contributed by atoms with E-state index in [0.717, 1.165) is 12.8 Å². The Hall–Kier alpha value is -2.64. The Kier molecular flexibility index (Phi) is 4.70. The maximum Gasteiger partial charge on any atom is 0.269 e. The minimum Gasteiger partial charge on any atom is -0.409 e. The van der Waals surface area contributed by atoms with Crippen LogP contribution in [-0.2, 0) is 4.79 Å². The van der Waals surface area contributed by atoms with Gasteiger partial charge in [0.1, 0.15) is 5.69 Å². The first-order valence-corrected chi connectivity index (χ1v) is 6.61. The quantitative estimate of drug-likeness (QED) is 0.183. The zero-order valence-corrected chi connectivity index (χ0v) is 11.4. The lowest BCUT2D eigenvalue weighted by Gasteiger charge is -2.06. The maximum absolute atomic E-state index is 11.8. The molecule has 5 N–H and O–H groups in total. The van der Waals surface area contributed by atoms with Crippen LogP contribution in [0.5, 0.6) is 0 Å². The third kappa shape index (κ3) is 4.16. The van der Waals surface area contributed by atoms with Gasteiger partial charge < -0.3 is 21.6 Å². The first-order chi connectivity index (χ1) is 10.1. The number of nitrogens with one attached hydrogen (secondary N) is 2. The van der Waals surface area contributed by atoms with Gasteiger partial charge >= 0.3 is 0 Å². The summed E-state index contributed by atoms with van der Waals surface area (Å²) < 4.78 is 0. The van der Waals surface area contributed by atoms with Crippen molar-refractivity contribution in [3.05, 3.63) is 29.6 Å². The molecule has 112 valence electrons. The molecular weight excluding hydrogens is 274 g/mol. The van der Waals surface area contributed by atoms with Gasteiger partial charge in [0.05, 0.1) is 0 Å². The molecule has 0 aromatic carbocycles. The van der Waals surface area contributed by atoms with E-state index in [0.29, 0.717) is 18.7 Å². The van der Waals surface area contributed by atoms with E-state index in [2.05, 4.69) is 20.8 Å². The van der Waals surface area contributed by atoms with Crippen LogP contribution in [0.25, 0.3) is 0 Å². The monoisotopic (exact) mass is 291 g/mol. The summed E-state index contributed by atoms with van der Waals surface area (Å²) in [5.41, 5.74) is 6.04. The molecule has 1 aromatic heterocycles. The molecule has 0 spiro atoms. The number of pyridine rings is 1. The summed E-state index contributed by atoms with van der Waals surface area (Å²) in [6, 6.07) is 3.01. The second-order valence-corrected chi connectivity index (χ2v) is 4.74. The third-order valence-electron chi connectivity index (χ3n) is 3.06. The number of nitrogens with zero attached hydrogens (tertiary/aromatic N) is 2. The van der Waals surface area contributed by atoms with Gasteiger partial charge in [0, 0.05) is 30.8 Å². The standard InChI is InChI=1S/C13H17N5O3/c14-11(18-21)9-3-4-10(17-7-9)13(20)16-6-5-15-12(19)8-1-2-8/h3-4,7-8,21H,1-2,5-6H2,(H2,14,18)(H,15,19)(H,16,20). The van der Waals surface area contributed by atoms with Crippen LogP contribution >= 0.6 is 0 Å². The number of rotatable bonds is 6. The Balaban J connectivity index is 1.76. The van der Waals surface area contributed by atoms with Crippen molar-refractivity contribution in [1.82, 2.24) is 15.6 Å². The lowest BCUT2D eigenvalue weighted by atomic mass is 10.2. The molecule has 1 saturated carbocycles. The predicted octanol–water partition coefficient (Wildman–Crippen LogP) is -0.568. The minimum absolute atomic E-state index is 0.0468. The molecular formula is C13H17N5O3. The highest BCUT2D eigenvalue weighted by Gasteiger charge is 2.28. The molecule has 8 heteroatoms. The van der Waals surface area contributed by atoms with Gasteiger partial charge in [-0.3, -0.25) is 14.6 Å². The van der Waals surface area contributed by atoms with Crippen molar-refractivity contribution in [3.8, 4) is 0 Å². The summed E-state index contributed by atoms with van der Waals surface area (Å²) in [6.45, 7) is 0.726. The molecule has 0 saturated heterocycles. The molecule has 2 rings (SSSR count). The van der Waals surface area contributed by atoms with Crippen LogP contribution in [0.4, 0.5) is 0 Å². The molecule has 1 aliphatic carbocycles. The fourth-order valence-electron chi connectivity index (χ4n) is 1.68. The average Bonchev–Trinajstić information content (AvgIpc) is 3.35. The Labute approximate surface area is 121 Å². The number of carbonyl (C=O) groups is 2. The Morgan fingerprint density at radius 2 is 2.05 bits per heavy atom. The average molecular weight is 291 g/mol. The molecule has 0 aliphatic heterocycles. The van der Waals surface area contributed by atoms with Crippen LogP contribution in [0, 0.1) is 5.92 Å². The van der Waals surface area contributed by atoms with E-state index in [9.17, 15) is 9.59 Å². The lowest BCUT2D eigenvalue weighted by Crippen LogP contribution is -2.35. The molecule has 2 amide bonds. The van der Waals surface area contributed by atoms with Gasteiger partial charge in [-0.2, -0.15) is 0 Å². The fraction of sp³-hybridized carbons (Fsp3) is 0.385. The molecule has 1 heterocycles. The Morgan fingerprint density at radius 1 is 1.33 bits per heavy atom. The first kappa shape index (κ1) is 14.8. The smallest absolute Gasteiger partial charge is 0.269 e. The van der Waals surface area contributed by atoms with Crippen molar-refractivity contribution in [2.24, 2.45) is 16.8 Å². The van der Waals surface area contributed by atoms with Crippen molar-refractivity contribution in [2.45, 2.75) is 12.8 Å². The largest absolute Gasteiger partial charge is 0.409 e. The zero-order valence-electron chi connectivity index (χ0n) is 11.4. The van der Waals surface area contributed by atoms with Gasteiger partial charge in [-0.15, -0.1) is 0 Å². The number of nitrogens with two attached hydrogens (primary N) is 1. The van der Waals surface area contributed by atoms with Crippen molar-refractivity contribution in [2.75, 3.05) is 13.1 Å². The van der Waals surface area contributed by atoms with Crippen molar-refractivity contribution >= 4 is 17.6 Å². The van der Waals surface area contributed by atoms with Gasteiger partial charge in [-0.1, -0.05) is 5.16 Å². The third-order valence-corrected chi connectivity index (χ3v) is 3.06. The summed E-state index contributed by atoms with van der Waals surface area (Å²) in [5.74, 6) is -0.210. The number of hydrogen-bond acceptors (Lipinski definition) is 5. The summed E-state index contributed by atoms with van der Waals surface area (Å²) in [7, 11) is 0. The number of amides is 2. The summed E-state index contributed by atoms with van der Waals surface area (Å²) in [4.78, 5) is 27.1. The number of aromatic nitrogens is 1. The normalized spacial score (nSPS) is 14.6. The molecule has 0 radical (unpaired) electrons. The van der Waals surface area contributed by atoms with E-state index in [1.807, 2.05) is 0 Å². The van der Waals surface area contributed by atoms with Crippen LogP contribution in [-0.4, -0.2) is 40.9 Å². The Bertz CT molecular complexity index is 551. The molecule has 0 unspecified atom stereocenters. The summed E-state index contributed by atoms with van der Waals surface area (Å²) in [6.07, 6.45) is 3.25. The molecule has 1 aliphatic rings. The molecule has 1 aromatic rings. The van der Waals surface area contributed by atoms with Gasteiger partial charge in [0.25, 0.3) is 5.91 Å². The highest BCUT2D eigenvalue weighted by molar-refractivity contribution is 5.98. The van der Waals surface area contributed by atoms with E-state index >= 15 is 0 Å².